The first-order valence-corrected chi connectivity index (χ1v) is 36.2. The predicted molar refractivity (Wildman–Crippen MR) is 397 cm³/mol. The van der Waals surface area contributed by atoms with E-state index in [9.17, 15) is 99.6 Å². The van der Waals surface area contributed by atoms with E-state index in [4.69, 9.17) is 52.3 Å². The molecule has 119 heavy (non-hydrogen) atoms. The first-order chi connectivity index (χ1) is 56.2. The first kappa shape index (κ1) is 91.8. The molecule has 0 bridgehead atoms. The van der Waals surface area contributed by atoms with Crippen LogP contribution in [0.1, 0.15) is 123 Å². The number of carbonyl (C=O) groups excluding carboxylic acids is 10. The van der Waals surface area contributed by atoms with Crippen LogP contribution in [0.15, 0.2) is 133 Å². The van der Waals surface area contributed by atoms with E-state index in [-0.39, 0.29) is 127 Å². The molecule has 0 aliphatic carbocycles. The van der Waals surface area contributed by atoms with Crippen molar-refractivity contribution in [2.75, 3.05) is 54.9 Å². The maximum atomic E-state index is 13.8. The number of rotatable bonds is 28. The van der Waals surface area contributed by atoms with Gasteiger partial charge in [0.25, 0.3) is 46.4 Å². The van der Waals surface area contributed by atoms with E-state index < -0.39 is 135 Å². The highest BCUT2D eigenvalue weighted by atomic mass is 32.2. The summed E-state index contributed by atoms with van der Waals surface area (Å²) in [6.07, 6.45) is 6.21. The van der Waals surface area contributed by atoms with Crippen LogP contribution >= 0.6 is 0 Å². The molecular weight excluding hydrogens is 1620 g/mol. The molecular formula is C76H71F5N8O29S. The third-order valence-electron chi connectivity index (χ3n) is 18.1. The van der Waals surface area contributed by atoms with Crippen LogP contribution in [0.3, 0.4) is 0 Å². The predicted octanol–water partition coefficient (Wildman–Crippen LogP) is 11.4. The summed E-state index contributed by atoms with van der Waals surface area (Å²) in [6.45, 7) is 8.15. The molecule has 4 heterocycles. The molecule has 4 aliphatic rings. The molecule has 0 spiro atoms. The zero-order valence-corrected chi connectivity index (χ0v) is 65.0. The Kier molecular flexibility index (Phi) is 31.1. The summed E-state index contributed by atoms with van der Waals surface area (Å²) < 4.78 is 136. The average molecular weight is 1690 g/mol. The largest absolute Gasteiger partial charge is 0.534 e. The van der Waals surface area contributed by atoms with Crippen molar-refractivity contribution in [1.29, 1.82) is 0 Å². The van der Waals surface area contributed by atoms with Gasteiger partial charge in [-0.2, -0.15) is 40.8 Å². The molecule has 10 rings (SSSR count). The number of carbonyl (C=O) groups is 6. The van der Waals surface area contributed by atoms with Gasteiger partial charge in [-0.15, -0.1) is 0 Å². The standard InChI is InChI=1S/C42H38F2N4O11.C32H33F3N4O14S.2CO2/c1-24-16-32(41(50)46-23-29(18-36(46)42(51)57-4)27-8-12-31(44)13-9-27)34(47(52)53)20-37(24)58-14-5-15-59-39-21-35(48(54)55)33(19-38(39)56-3)40(49)45-22-28(17-25(45)2)26-6-10-30(43)11-7-26;1-17-9-19(3)36(15-17)29(40)22-12-27(49-4)28(14-24(22)39(45)46)52-8-6-7-51-26-13-23(38(43)44)21(10-18(26)2)30(41)37-16-20(11-25(37)31(42)50-5)53-54(47,48)32(33,34)35;2*2-1-3/h6-13,16,19-23,25,36H,5,14-15,17-18H2,1-4H3;10,12-16,19,25H,6-9,11H2,1-5H3;;/t25-,36+;19-,25+;;/m11../s1. The minimum absolute atomic E-state index is 0.00810. The number of nitrogens with zero attached hydrogens (tertiary/aromatic N) is 8. The molecule has 43 heteroatoms. The van der Waals surface area contributed by atoms with E-state index in [1.54, 1.807) is 38.4 Å². The van der Waals surface area contributed by atoms with Gasteiger partial charge in [0.15, 0.2) is 23.0 Å². The molecule has 37 nitrogen and oxygen atoms in total. The van der Waals surface area contributed by atoms with Crippen molar-refractivity contribution in [3.8, 4) is 34.5 Å². The van der Waals surface area contributed by atoms with Crippen LogP contribution in [-0.2, 0) is 52.5 Å². The summed E-state index contributed by atoms with van der Waals surface area (Å²) in [5.41, 5.74) is -5.53. The number of methoxy groups -OCH3 is 4. The van der Waals surface area contributed by atoms with E-state index in [0.717, 1.165) is 66.2 Å². The van der Waals surface area contributed by atoms with Crippen molar-refractivity contribution >= 4 is 91.9 Å². The SMILES string of the molecule is COC(=O)[C@@H]1CC(OS(=O)(=O)C(F)(F)F)=CN1C(=O)c1cc(C)c(OCCCOc2cc([N+](=O)[O-])c(C(=O)N3C=C(C)C[C@H]3C)cc2OC)cc1[N+](=O)[O-].COC(=O)[C@@H]1CC(c2ccc(F)cc2)=CN1C(=O)c1cc(C)c(OCCCOc2cc([N+](=O)[O-])c(C(=O)N3C=C(c4ccc(F)cc4)C[C@H]3C)cc2OC)cc1[N+](=O)[O-].O=C=O.O=C=O. The quantitative estimate of drug-likeness (QED) is 0.00837. The Morgan fingerprint density at radius 1 is 0.454 bits per heavy atom. The molecule has 0 radical (unpaired) electrons. The third-order valence-corrected chi connectivity index (χ3v) is 19.1. The molecule has 0 unspecified atom stereocenters. The molecule has 6 aromatic rings. The highest BCUT2D eigenvalue weighted by Crippen LogP contribution is 2.43. The smallest absolute Gasteiger partial charge is 0.493 e. The number of ether oxygens (including phenoxy) is 8. The third kappa shape index (κ3) is 22.2. The van der Waals surface area contributed by atoms with E-state index in [2.05, 4.69) is 8.92 Å². The van der Waals surface area contributed by atoms with Gasteiger partial charge in [0.05, 0.1) is 98.8 Å². The number of aryl methyl sites for hydroxylation is 2. The topological polar surface area (TPSA) is 473 Å². The van der Waals surface area contributed by atoms with Gasteiger partial charge in [0.1, 0.15) is 63.2 Å². The van der Waals surface area contributed by atoms with E-state index >= 15 is 0 Å². The number of amides is 4. The number of hydrogen-bond donors (Lipinski definition) is 0. The van der Waals surface area contributed by atoms with Crippen molar-refractivity contribution in [3.63, 3.8) is 0 Å². The molecule has 4 atom stereocenters. The highest BCUT2D eigenvalue weighted by Gasteiger charge is 2.51. The van der Waals surface area contributed by atoms with Gasteiger partial charge in [0.2, 0.25) is 0 Å². The molecule has 6 aromatic carbocycles. The zero-order chi connectivity index (χ0) is 88.2. The van der Waals surface area contributed by atoms with Crippen LogP contribution in [0.4, 0.5) is 44.7 Å². The molecule has 630 valence electrons. The second-order valence-corrected chi connectivity index (χ2v) is 27.5. The van der Waals surface area contributed by atoms with E-state index in [1.807, 2.05) is 13.8 Å². The number of benzene rings is 6. The summed E-state index contributed by atoms with van der Waals surface area (Å²) in [4.78, 5) is 161. The Bertz CT molecular complexity index is 5270. The van der Waals surface area contributed by atoms with E-state index in [1.165, 1.54) is 91.7 Å². The Balaban J connectivity index is 0.000000309. The first-order valence-electron chi connectivity index (χ1n) is 34.8. The van der Waals surface area contributed by atoms with Gasteiger partial charge in [-0.25, -0.2) is 18.4 Å². The van der Waals surface area contributed by atoms with Crippen molar-refractivity contribution in [2.45, 2.75) is 103 Å². The van der Waals surface area contributed by atoms with Crippen molar-refractivity contribution in [1.82, 2.24) is 19.6 Å². The summed E-state index contributed by atoms with van der Waals surface area (Å²) >= 11 is 0. The van der Waals surface area contributed by atoms with Crippen molar-refractivity contribution in [2.24, 2.45) is 0 Å². The number of nitro benzene ring substituents is 4. The van der Waals surface area contributed by atoms with Gasteiger partial charge in [0, 0.05) is 74.7 Å². The molecule has 0 N–H and O–H groups in total. The number of alkyl halides is 3. The van der Waals surface area contributed by atoms with E-state index in [0.29, 0.717) is 40.6 Å². The lowest BCUT2D eigenvalue weighted by Crippen LogP contribution is -2.39. The fraction of sp³-hybridized carbons (Fsp3) is 0.316. The van der Waals surface area contributed by atoms with Crippen LogP contribution in [-0.4, -0.2) is 180 Å². The molecule has 4 aliphatic heterocycles. The number of hydrogen-bond acceptors (Lipinski definition) is 29. The number of esters is 2. The fourth-order valence-electron chi connectivity index (χ4n) is 12.5. The van der Waals surface area contributed by atoms with Crippen LogP contribution < -0.4 is 28.4 Å². The molecule has 0 fully saturated rings. The van der Waals surface area contributed by atoms with Crippen LogP contribution in [0.25, 0.3) is 11.1 Å². The Morgan fingerprint density at radius 2 is 0.773 bits per heavy atom. The lowest BCUT2D eigenvalue weighted by Gasteiger charge is -2.22. The summed E-state index contributed by atoms with van der Waals surface area (Å²) in [5.74, 6) is -6.94. The maximum absolute atomic E-state index is 13.8. The van der Waals surface area contributed by atoms with Gasteiger partial charge < -0.3 is 51.9 Å². The Hall–Kier alpha value is -14.3. The van der Waals surface area contributed by atoms with Gasteiger partial charge in [-0.3, -0.25) is 69.4 Å². The van der Waals surface area contributed by atoms with Crippen LogP contribution in [0.2, 0.25) is 0 Å². The van der Waals surface area contributed by atoms with Crippen molar-refractivity contribution < 1.29 is 140 Å². The van der Waals surface area contributed by atoms with Gasteiger partial charge in [-0.05, 0) is 117 Å². The Labute approximate surface area is 671 Å². The average Bonchev–Trinajstić information content (AvgIpc) is 1.72. The lowest BCUT2D eigenvalue weighted by atomic mass is 10.0. The second kappa shape index (κ2) is 40.3. The lowest BCUT2D eigenvalue weighted by molar-refractivity contribution is -0.385. The highest BCUT2D eigenvalue weighted by molar-refractivity contribution is 7.87. The zero-order valence-electron chi connectivity index (χ0n) is 64.1. The molecule has 0 saturated carbocycles. The fourth-order valence-corrected chi connectivity index (χ4v) is 13.0. The normalized spacial score (nSPS) is 15.8. The molecule has 0 saturated heterocycles. The van der Waals surface area contributed by atoms with Crippen LogP contribution in [0.5, 0.6) is 34.5 Å². The molecule has 0 aromatic heterocycles. The number of halogens is 5. The van der Waals surface area contributed by atoms with Gasteiger partial charge >= 0.3 is 39.9 Å². The molecule has 4 amide bonds. The summed E-state index contributed by atoms with van der Waals surface area (Å²) in [5, 5.41) is 48.3. The monoisotopic (exact) mass is 1690 g/mol. The van der Waals surface area contributed by atoms with Crippen LogP contribution in [0, 0.1) is 65.9 Å². The van der Waals surface area contributed by atoms with Crippen molar-refractivity contribution in [3.05, 3.63) is 230 Å². The minimum Gasteiger partial charge on any atom is -0.493 e. The minimum atomic E-state index is -6.17. The Morgan fingerprint density at radius 3 is 1.13 bits per heavy atom. The second-order valence-electron chi connectivity index (χ2n) is 25.9. The summed E-state index contributed by atoms with van der Waals surface area (Å²) in [7, 11) is -1.51. The maximum Gasteiger partial charge on any atom is 0.534 e. The summed E-state index contributed by atoms with van der Waals surface area (Å²) in [6, 6.07) is 16.9. The number of nitro groups is 4. The van der Waals surface area contributed by atoms with Gasteiger partial charge in [-0.1, -0.05) is 29.8 Å².